The first-order chi connectivity index (χ1) is 14.6. The molecule has 9 heteroatoms. The number of aliphatic imine (C=N–C) groups is 1. The Morgan fingerprint density at radius 2 is 1.88 bits per heavy atom. The second-order valence-electron chi connectivity index (χ2n) is 9.60. The van der Waals surface area contributed by atoms with Crippen molar-refractivity contribution in [1.82, 2.24) is 20.4 Å². The number of ether oxygens (including phenoxy) is 2. The number of nitrogens with zero attached hydrogens (tertiary/aromatic N) is 3. The van der Waals surface area contributed by atoms with Crippen LogP contribution in [0.1, 0.15) is 60.8 Å². The lowest BCUT2D eigenvalue weighted by Crippen LogP contribution is -2.45. The van der Waals surface area contributed by atoms with Crippen molar-refractivity contribution >= 4 is 36.0 Å². The van der Waals surface area contributed by atoms with Crippen LogP contribution in [0.2, 0.25) is 0 Å². The van der Waals surface area contributed by atoms with E-state index in [9.17, 15) is 4.79 Å². The molecule has 0 spiro atoms. The highest BCUT2D eigenvalue weighted by Crippen LogP contribution is 2.11. The molecule has 1 aliphatic rings. The van der Waals surface area contributed by atoms with Gasteiger partial charge in [0.15, 0.2) is 5.96 Å². The minimum Gasteiger partial charge on any atom is -0.444 e. The minimum atomic E-state index is -0.491. The molecule has 2 N–H and O–H groups in total. The number of halogens is 1. The second-order valence-corrected chi connectivity index (χ2v) is 9.60. The topological polar surface area (TPSA) is 78.4 Å². The number of amides is 1. The average molecular weight is 570 g/mol. The number of carbonyl (C=O) groups excluding carboxylic acids is 1. The molecule has 1 fully saturated rings. The molecule has 1 saturated heterocycles. The molecule has 0 bridgehead atoms. The first kappa shape index (κ1) is 31.2. The normalized spacial score (nSPS) is 16.3. The van der Waals surface area contributed by atoms with E-state index >= 15 is 0 Å². The van der Waals surface area contributed by atoms with E-state index in [4.69, 9.17) is 14.5 Å². The monoisotopic (exact) mass is 569 g/mol. The van der Waals surface area contributed by atoms with E-state index in [0.717, 1.165) is 77.7 Å². The van der Waals surface area contributed by atoms with Crippen LogP contribution in [0.25, 0.3) is 0 Å². The van der Waals surface area contributed by atoms with Crippen LogP contribution in [0.5, 0.6) is 0 Å². The lowest BCUT2D eigenvalue weighted by Gasteiger charge is -2.28. The highest BCUT2D eigenvalue weighted by molar-refractivity contribution is 14.0. The summed E-state index contributed by atoms with van der Waals surface area (Å²) < 4.78 is 10.8. The van der Waals surface area contributed by atoms with Crippen LogP contribution in [0.15, 0.2) is 4.99 Å². The van der Waals surface area contributed by atoms with Crippen LogP contribution in [0.3, 0.4) is 0 Å². The van der Waals surface area contributed by atoms with Gasteiger partial charge in [-0.2, -0.15) is 0 Å². The standard InChI is InChI=1S/C23H47N5O3.HI/c1-8-24-21(25-12-9-10-13-28-15-17-30-18-16-28)27(7)14-11-20(19(2)3)26-22(29)31-23(4,5)6;/h19-20H,8-18H2,1-7H3,(H,24,25)(H,26,29);1H. The highest BCUT2D eigenvalue weighted by atomic mass is 127. The van der Waals surface area contributed by atoms with Gasteiger partial charge in [-0.25, -0.2) is 4.79 Å². The first-order valence-electron chi connectivity index (χ1n) is 11.9. The Kier molecular flexibility index (Phi) is 16.3. The molecule has 1 heterocycles. The summed E-state index contributed by atoms with van der Waals surface area (Å²) in [6, 6.07) is 0.0497. The van der Waals surface area contributed by atoms with Gasteiger partial charge in [0.1, 0.15) is 5.60 Å². The third kappa shape index (κ3) is 14.4. The maximum Gasteiger partial charge on any atom is 0.407 e. The van der Waals surface area contributed by atoms with Crippen molar-refractivity contribution in [2.75, 3.05) is 59.5 Å². The molecule has 1 amide bonds. The van der Waals surface area contributed by atoms with Gasteiger partial charge < -0.3 is 25.0 Å². The van der Waals surface area contributed by atoms with E-state index in [0.29, 0.717) is 5.92 Å². The number of hydrogen-bond donors (Lipinski definition) is 2. The summed E-state index contributed by atoms with van der Waals surface area (Å²) in [4.78, 5) is 21.6. The quantitative estimate of drug-likeness (QED) is 0.172. The molecule has 0 aromatic carbocycles. The Labute approximate surface area is 213 Å². The number of alkyl carbamates (subject to hydrolysis) is 1. The summed E-state index contributed by atoms with van der Waals surface area (Å²) in [6.45, 7) is 19.3. The number of rotatable bonds is 11. The number of morpholine rings is 1. The Balaban J connectivity index is 0.00000961. The van der Waals surface area contributed by atoms with Crippen molar-refractivity contribution in [2.45, 2.75) is 72.4 Å². The Bertz CT molecular complexity index is 534. The molecule has 0 aromatic heterocycles. The van der Waals surface area contributed by atoms with Crippen LogP contribution >= 0.6 is 24.0 Å². The molecule has 1 atom stereocenters. The predicted octanol–water partition coefficient (Wildman–Crippen LogP) is 3.55. The Hall–Kier alpha value is -0.810. The number of guanidine groups is 1. The number of nitrogens with one attached hydrogen (secondary N) is 2. The van der Waals surface area contributed by atoms with Gasteiger partial charge in [-0.3, -0.25) is 9.89 Å². The molecular formula is C23H48IN5O3. The number of hydrogen-bond acceptors (Lipinski definition) is 5. The van der Waals surface area contributed by atoms with Crippen LogP contribution in [0.4, 0.5) is 4.79 Å². The van der Waals surface area contributed by atoms with Crippen molar-refractivity contribution in [2.24, 2.45) is 10.9 Å². The number of unbranched alkanes of at least 4 members (excludes halogenated alkanes) is 1. The van der Waals surface area contributed by atoms with Crippen molar-refractivity contribution in [3.8, 4) is 0 Å². The van der Waals surface area contributed by atoms with Gasteiger partial charge >= 0.3 is 6.09 Å². The minimum absolute atomic E-state index is 0. The summed E-state index contributed by atoms with van der Waals surface area (Å²) in [7, 11) is 2.06. The summed E-state index contributed by atoms with van der Waals surface area (Å²) in [6.07, 6.45) is 2.71. The van der Waals surface area contributed by atoms with Crippen LogP contribution in [-0.4, -0.2) is 93.0 Å². The third-order valence-electron chi connectivity index (χ3n) is 5.23. The molecule has 190 valence electrons. The largest absolute Gasteiger partial charge is 0.444 e. The molecule has 0 saturated carbocycles. The van der Waals surface area contributed by atoms with Gasteiger partial charge in [-0.1, -0.05) is 13.8 Å². The molecule has 0 aromatic rings. The highest BCUT2D eigenvalue weighted by Gasteiger charge is 2.22. The summed E-state index contributed by atoms with van der Waals surface area (Å²) in [5.41, 5.74) is -0.491. The Morgan fingerprint density at radius 1 is 1.22 bits per heavy atom. The zero-order valence-corrected chi connectivity index (χ0v) is 23.7. The predicted molar refractivity (Wildman–Crippen MR) is 143 cm³/mol. The summed E-state index contributed by atoms with van der Waals surface area (Å²) in [5, 5.41) is 6.41. The second kappa shape index (κ2) is 16.7. The Morgan fingerprint density at radius 3 is 2.44 bits per heavy atom. The van der Waals surface area contributed by atoms with Gasteiger partial charge in [0.25, 0.3) is 0 Å². The van der Waals surface area contributed by atoms with E-state index in [1.165, 1.54) is 0 Å². The molecule has 1 rings (SSSR count). The first-order valence-corrected chi connectivity index (χ1v) is 11.9. The average Bonchev–Trinajstić information content (AvgIpc) is 2.69. The summed E-state index contributed by atoms with van der Waals surface area (Å²) in [5.74, 6) is 1.24. The van der Waals surface area contributed by atoms with Gasteiger partial charge in [0.2, 0.25) is 0 Å². The van der Waals surface area contributed by atoms with Gasteiger partial charge in [0.05, 0.1) is 13.2 Å². The lowest BCUT2D eigenvalue weighted by atomic mass is 10.0. The fourth-order valence-electron chi connectivity index (χ4n) is 3.40. The molecular weight excluding hydrogens is 521 g/mol. The third-order valence-corrected chi connectivity index (χ3v) is 5.23. The summed E-state index contributed by atoms with van der Waals surface area (Å²) >= 11 is 0. The zero-order valence-electron chi connectivity index (χ0n) is 21.4. The SMILES string of the molecule is CCNC(=NCCCCN1CCOCC1)N(C)CCC(NC(=O)OC(C)(C)C)C(C)C.I. The van der Waals surface area contributed by atoms with Gasteiger partial charge in [-0.15, -0.1) is 24.0 Å². The van der Waals surface area contributed by atoms with Crippen molar-refractivity contribution in [1.29, 1.82) is 0 Å². The van der Waals surface area contributed by atoms with Crippen LogP contribution in [0, 0.1) is 5.92 Å². The fourth-order valence-corrected chi connectivity index (χ4v) is 3.40. The van der Waals surface area contributed by atoms with Gasteiger partial charge in [-0.05, 0) is 59.4 Å². The maximum atomic E-state index is 12.2. The molecule has 32 heavy (non-hydrogen) atoms. The number of carbonyl (C=O) groups is 1. The lowest BCUT2D eigenvalue weighted by molar-refractivity contribution is 0.0373. The van der Waals surface area contributed by atoms with E-state index in [-0.39, 0.29) is 36.1 Å². The van der Waals surface area contributed by atoms with Crippen molar-refractivity contribution in [3.05, 3.63) is 0 Å². The molecule has 0 aliphatic carbocycles. The van der Waals surface area contributed by atoms with Gasteiger partial charge in [0, 0.05) is 45.8 Å². The zero-order chi connectivity index (χ0) is 23.3. The van der Waals surface area contributed by atoms with E-state index in [1.807, 2.05) is 20.8 Å². The van der Waals surface area contributed by atoms with E-state index in [1.54, 1.807) is 0 Å². The molecule has 8 nitrogen and oxygen atoms in total. The smallest absolute Gasteiger partial charge is 0.407 e. The van der Waals surface area contributed by atoms with E-state index < -0.39 is 5.60 Å². The molecule has 1 unspecified atom stereocenters. The maximum absolute atomic E-state index is 12.2. The molecule has 0 radical (unpaired) electrons. The molecule has 1 aliphatic heterocycles. The fraction of sp³-hybridized carbons (Fsp3) is 0.913. The van der Waals surface area contributed by atoms with Crippen LogP contribution in [-0.2, 0) is 9.47 Å². The van der Waals surface area contributed by atoms with Crippen molar-refractivity contribution in [3.63, 3.8) is 0 Å². The van der Waals surface area contributed by atoms with Crippen LogP contribution < -0.4 is 10.6 Å². The van der Waals surface area contributed by atoms with Crippen molar-refractivity contribution < 1.29 is 14.3 Å². The van der Waals surface area contributed by atoms with E-state index in [2.05, 4.69) is 48.3 Å².